The molecule has 0 aliphatic carbocycles. The maximum absolute atomic E-state index is 11.6. The molecule has 0 radical (unpaired) electrons. The van der Waals surface area contributed by atoms with Gasteiger partial charge in [0.25, 0.3) is 0 Å². The molecule has 0 amide bonds. The van der Waals surface area contributed by atoms with Crippen LogP contribution in [0.15, 0.2) is 115 Å². The average Bonchev–Trinajstić information content (AvgIpc) is 1.14. The van der Waals surface area contributed by atoms with Gasteiger partial charge in [-0.25, -0.2) is 19.2 Å². The monoisotopic (exact) mass is 1200 g/mol. The Bertz CT molecular complexity index is 3970. The quantitative estimate of drug-likeness (QED) is 0.0552. The first-order valence-corrected chi connectivity index (χ1v) is 26.3. The van der Waals surface area contributed by atoms with Gasteiger partial charge in [-0.15, -0.1) is 0 Å². The Balaban J connectivity index is 0.000000187. The molecule has 87 heavy (non-hydrogen) atoms. The number of carbonyl (C=O) groups is 4. The first-order chi connectivity index (χ1) is 41.7. The van der Waals surface area contributed by atoms with E-state index in [1.165, 1.54) is 81.1 Å². The van der Waals surface area contributed by atoms with Crippen molar-refractivity contribution < 1.29 is 101 Å². The lowest BCUT2D eigenvalue weighted by molar-refractivity contribution is 0.0686. The van der Waals surface area contributed by atoms with Crippen molar-refractivity contribution in [1.82, 2.24) is 0 Å². The SMILES string of the molecule is COc1cc(OC)c2c(OC)cc(C(=O)O)cc2c1.COc1cc2c(OC)cc(C(=O)O)cc2c(C(C)C)c1OC.COc1cc2cc(C(=O)O)cc(OCc3ccccc3)c2c(OC)c1OC.COc1cc2cc(C(=O)O)ccc2c(OC)c1OC. The van der Waals surface area contributed by atoms with E-state index in [-0.39, 0.29) is 34.8 Å². The summed E-state index contributed by atoms with van der Waals surface area (Å²) in [6, 6.07) is 32.4. The first-order valence-electron chi connectivity index (χ1n) is 26.3. The third kappa shape index (κ3) is 14.5. The van der Waals surface area contributed by atoms with Gasteiger partial charge in [0.05, 0.1) is 118 Å². The summed E-state index contributed by atoms with van der Waals surface area (Å²) in [7, 11) is 18.4. The molecular formula is C66H68O21. The second-order valence-corrected chi connectivity index (χ2v) is 18.9. The molecule has 4 N–H and O–H groups in total. The molecule has 0 fully saturated rings. The smallest absolute Gasteiger partial charge is 0.335 e. The van der Waals surface area contributed by atoms with Crippen LogP contribution in [0.5, 0.6) is 74.7 Å². The molecule has 0 spiro atoms. The number of fused-ring (bicyclic) bond motifs is 4. The van der Waals surface area contributed by atoms with E-state index < -0.39 is 23.9 Å². The van der Waals surface area contributed by atoms with Crippen LogP contribution < -0.4 is 61.6 Å². The highest BCUT2D eigenvalue weighted by Gasteiger charge is 2.24. The van der Waals surface area contributed by atoms with Crippen LogP contribution in [0.2, 0.25) is 0 Å². The highest BCUT2D eigenvalue weighted by molar-refractivity contribution is 6.04. The van der Waals surface area contributed by atoms with E-state index in [2.05, 4.69) is 0 Å². The van der Waals surface area contributed by atoms with E-state index in [4.69, 9.17) is 71.8 Å². The van der Waals surface area contributed by atoms with Gasteiger partial charge < -0.3 is 82.0 Å². The van der Waals surface area contributed by atoms with Gasteiger partial charge in [-0.05, 0) is 112 Å². The van der Waals surface area contributed by atoms with E-state index >= 15 is 0 Å². The van der Waals surface area contributed by atoms with Gasteiger partial charge in [0.1, 0.15) is 35.4 Å². The zero-order valence-corrected chi connectivity index (χ0v) is 50.5. The number of carboxylic acids is 4. The molecule has 0 atom stereocenters. The van der Waals surface area contributed by atoms with E-state index in [1.807, 2.05) is 50.2 Å². The third-order valence-corrected chi connectivity index (χ3v) is 13.6. The molecular weight excluding hydrogens is 1130 g/mol. The van der Waals surface area contributed by atoms with Gasteiger partial charge in [0, 0.05) is 22.4 Å². The number of hydrogen-bond donors (Lipinski definition) is 4. The molecule has 0 aliphatic heterocycles. The second kappa shape index (κ2) is 29.7. The minimum atomic E-state index is -1.05. The summed E-state index contributed by atoms with van der Waals surface area (Å²) in [4.78, 5) is 45.0. The number of benzene rings is 9. The highest BCUT2D eigenvalue weighted by Crippen LogP contribution is 2.49. The van der Waals surface area contributed by atoms with E-state index in [1.54, 1.807) is 83.0 Å². The summed E-state index contributed by atoms with van der Waals surface area (Å²) >= 11 is 0. The Morgan fingerprint density at radius 2 is 0.793 bits per heavy atom. The molecule has 21 heteroatoms. The van der Waals surface area contributed by atoms with Crippen molar-refractivity contribution >= 4 is 67.0 Å². The van der Waals surface area contributed by atoms with Gasteiger partial charge in [-0.2, -0.15) is 0 Å². The summed E-state index contributed by atoms with van der Waals surface area (Å²) in [5, 5.41) is 42.6. The lowest BCUT2D eigenvalue weighted by atomic mass is 9.92. The number of methoxy groups -OCH3 is 12. The molecule has 9 aromatic carbocycles. The predicted octanol–water partition coefficient (Wildman–Crippen LogP) is 13.0. The van der Waals surface area contributed by atoms with Crippen molar-refractivity contribution in [1.29, 1.82) is 0 Å². The molecule has 9 rings (SSSR count). The van der Waals surface area contributed by atoms with Gasteiger partial charge in [-0.3, -0.25) is 0 Å². The molecule has 0 saturated carbocycles. The van der Waals surface area contributed by atoms with Crippen molar-refractivity contribution in [2.24, 2.45) is 0 Å². The summed E-state index contributed by atoms with van der Waals surface area (Å²) in [5.74, 6) is 2.61. The number of hydrogen-bond acceptors (Lipinski definition) is 17. The lowest BCUT2D eigenvalue weighted by Crippen LogP contribution is -2.03. The zero-order chi connectivity index (χ0) is 63.8. The Hall–Kier alpha value is -10.7. The topological polar surface area (TPSA) is 269 Å². The predicted molar refractivity (Wildman–Crippen MR) is 327 cm³/mol. The summed E-state index contributed by atoms with van der Waals surface area (Å²) < 4.78 is 70.2. The summed E-state index contributed by atoms with van der Waals surface area (Å²) in [5.41, 5.74) is 2.52. The largest absolute Gasteiger partial charge is 0.497 e. The van der Waals surface area contributed by atoms with Crippen LogP contribution >= 0.6 is 0 Å². The molecule has 9 aromatic rings. The zero-order valence-electron chi connectivity index (χ0n) is 50.5. The second-order valence-electron chi connectivity index (χ2n) is 18.9. The molecule has 0 saturated heterocycles. The van der Waals surface area contributed by atoms with Crippen molar-refractivity contribution in [3.8, 4) is 74.7 Å². The normalized spacial score (nSPS) is 10.5. The molecule has 21 nitrogen and oxygen atoms in total. The number of ether oxygens (including phenoxy) is 13. The molecule has 0 unspecified atom stereocenters. The fourth-order valence-corrected chi connectivity index (χ4v) is 9.60. The molecule has 0 aliphatic rings. The van der Waals surface area contributed by atoms with Crippen LogP contribution in [0, 0.1) is 0 Å². The molecule has 458 valence electrons. The van der Waals surface area contributed by atoms with Gasteiger partial charge in [0.2, 0.25) is 11.5 Å². The number of carboxylic acid groups (broad SMARTS) is 4. The minimum Gasteiger partial charge on any atom is -0.497 e. The van der Waals surface area contributed by atoms with E-state index in [0.717, 1.165) is 38.1 Å². The van der Waals surface area contributed by atoms with Crippen molar-refractivity contribution in [2.45, 2.75) is 26.4 Å². The fraction of sp³-hybridized carbons (Fsp3) is 0.242. The minimum absolute atomic E-state index is 0.111. The average molecular weight is 1200 g/mol. The van der Waals surface area contributed by atoms with Crippen molar-refractivity contribution in [3.63, 3.8) is 0 Å². The Morgan fingerprint density at radius 1 is 0.345 bits per heavy atom. The maximum atomic E-state index is 11.6. The van der Waals surface area contributed by atoms with Crippen LogP contribution in [0.1, 0.15) is 72.3 Å². The van der Waals surface area contributed by atoms with E-state index in [0.29, 0.717) is 90.9 Å². The number of rotatable bonds is 20. The van der Waals surface area contributed by atoms with Crippen molar-refractivity contribution in [2.75, 3.05) is 85.3 Å². The fourth-order valence-electron chi connectivity index (χ4n) is 9.60. The Labute approximate surface area is 501 Å². The molecule has 0 bridgehead atoms. The first kappa shape index (κ1) is 65.5. The summed E-state index contributed by atoms with van der Waals surface area (Å²) in [6.45, 7) is 4.34. The lowest BCUT2D eigenvalue weighted by Gasteiger charge is -2.20. The van der Waals surface area contributed by atoms with Crippen LogP contribution in [0.4, 0.5) is 0 Å². The van der Waals surface area contributed by atoms with Crippen LogP contribution in [0.25, 0.3) is 43.1 Å². The van der Waals surface area contributed by atoms with Gasteiger partial charge >= 0.3 is 23.9 Å². The standard InChI is InChI=1S/C21H20O6.C17H20O5.2C14H14O5/c1-24-17-10-14-9-15(21(22)23)11-16(18(14)20(26-3)19(17)25-2)27-12-13-7-5-4-6-8-13;1-9(2)15-12-6-10(17(18)19)7-13(20-3)11(12)8-14(21-4)16(15)22-5;1-17-10-5-8-4-9(14(15)16)6-11(18-2)13(8)12(7-10)19-3;1-17-11-7-9-6-8(14(15)16)4-5-10(9)12(18-2)13(11)19-3/h4-11H,12H2,1-3H3,(H,22,23);6-9H,1-5H3,(H,18,19);2*4-7H,1-3H3,(H,15,16). The van der Waals surface area contributed by atoms with Crippen LogP contribution in [-0.2, 0) is 6.61 Å². The van der Waals surface area contributed by atoms with Crippen LogP contribution in [0.3, 0.4) is 0 Å². The molecule has 0 aromatic heterocycles. The summed E-state index contributed by atoms with van der Waals surface area (Å²) in [6.07, 6.45) is 0. The van der Waals surface area contributed by atoms with Gasteiger partial charge in [0.15, 0.2) is 34.5 Å². The van der Waals surface area contributed by atoms with E-state index in [9.17, 15) is 29.4 Å². The Morgan fingerprint density at radius 3 is 1.29 bits per heavy atom. The number of aromatic carboxylic acids is 4. The van der Waals surface area contributed by atoms with Crippen LogP contribution in [-0.4, -0.2) is 130 Å². The third-order valence-electron chi connectivity index (χ3n) is 13.6. The Kier molecular flexibility index (Phi) is 22.3. The van der Waals surface area contributed by atoms with Gasteiger partial charge in [-0.1, -0.05) is 44.2 Å². The highest BCUT2D eigenvalue weighted by atomic mass is 16.5. The van der Waals surface area contributed by atoms with Crippen molar-refractivity contribution in [3.05, 3.63) is 149 Å². The molecule has 0 heterocycles. The maximum Gasteiger partial charge on any atom is 0.335 e.